The van der Waals surface area contributed by atoms with Crippen LogP contribution in [0, 0.1) is 6.92 Å². The first-order valence-corrected chi connectivity index (χ1v) is 9.60. The van der Waals surface area contributed by atoms with Gasteiger partial charge in [-0.3, -0.25) is 9.88 Å². The van der Waals surface area contributed by atoms with Gasteiger partial charge in [-0.15, -0.1) is 5.10 Å². The van der Waals surface area contributed by atoms with Crippen molar-refractivity contribution in [1.29, 1.82) is 0 Å². The van der Waals surface area contributed by atoms with Gasteiger partial charge in [0.25, 0.3) is 0 Å². The molecule has 7 heteroatoms. The first-order chi connectivity index (χ1) is 14.7. The van der Waals surface area contributed by atoms with E-state index in [1.165, 1.54) is 0 Å². The maximum Gasteiger partial charge on any atom is 0.138 e. The van der Waals surface area contributed by atoms with E-state index in [4.69, 9.17) is 0 Å². The van der Waals surface area contributed by atoms with Gasteiger partial charge >= 0.3 is 0 Å². The summed E-state index contributed by atoms with van der Waals surface area (Å²) in [5, 5.41) is 9.33. The summed E-state index contributed by atoms with van der Waals surface area (Å²) in [6.45, 7) is 1.96. The van der Waals surface area contributed by atoms with E-state index in [1.807, 2.05) is 73.6 Å². The lowest BCUT2D eigenvalue weighted by molar-refractivity contribution is 0.719. The van der Waals surface area contributed by atoms with Crippen LogP contribution in [-0.4, -0.2) is 29.9 Å². The van der Waals surface area contributed by atoms with Gasteiger partial charge in [0.05, 0.1) is 22.6 Å². The molecule has 0 atom stereocenters. The molecule has 146 valence electrons. The van der Waals surface area contributed by atoms with E-state index in [2.05, 4.69) is 37.4 Å². The summed E-state index contributed by atoms with van der Waals surface area (Å²) in [7, 11) is 1.90. The Labute approximate surface area is 173 Å². The van der Waals surface area contributed by atoms with E-state index in [9.17, 15) is 0 Å². The summed E-state index contributed by atoms with van der Waals surface area (Å²) in [6.07, 6.45) is 5.38. The van der Waals surface area contributed by atoms with Crippen LogP contribution in [0.15, 0.2) is 79.3 Å². The molecule has 0 aliphatic carbocycles. The fourth-order valence-electron chi connectivity index (χ4n) is 3.67. The molecule has 1 aromatic carbocycles. The Morgan fingerprint density at radius 3 is 2.13 bits per heavy atom. The second-order valence-corrected chi connectivity index (χ2v) is 6.92. The van der Waals surface area contributed by atoms with Gasteiger partial charge in [-0.1, -0.05) is 23.4 Å². The minimum atomic E-state index is 0.785. The molecule has 4 aromatic heterocycles. The molecule has 0 N–H and O–H groups in total. The SMILES string of the molecule is Cc1nnn(C)c1-c1ccc2nccc(N(c3ccccn3)c3ccccn3)c2c1. The van der Waals surface area contributed by atoms with E-state index < -0.39 is 0 Å². The quantitative estimate of drug-likeness (QED) is 0.444. The van der Waals surface area contributed by atoms with Crippen LogP contribution < -0.4 is 4.90 Å². The fourth-order valence-corrected chi connectivity index (χ4v) is 3.67. The molecular formula is C23H19N7. The molecule has 30 heavy (non-hydrogen) atoms. The van der Waals surface area contributed by atoms with Crippen molar-refractivity contribution in [2.45, 2.75) is 6.92 Å². The average molecular weight is 393 g/mol. The molecule has 5 aromatic rings. The summed E-state index contributed by atoms with van der Waals surface area (Å²) in [6, 6.07) is 19.9. The van der Waals surface area contributed by atoms with Gasteiger partial charge in [-0.2, -0.15) is 0 Å². The van der Waals surface area contributed by atoms with Crippen LogP contribution >= 0.6 is 0 Å². The van der Waals surface area contributed by atoms with Crippen molar-refractivity contribution in [2.75, 3.05) is 4.90 Å². The average Bonchev–Trinajstić information content (AvgIpc) is 3.13. The predicted octanol–water partition coefficient (Wildman–Crippen LogP) is 4.60. The fraction of sp³-hybridized carbons (Fsp3) is 0.0870. The highest BCUT2D eigenvalue weighted by Gasteiger charge is 2.18. The van der Waals surface area contributed by atoms with Crippen LogP contribution in [0.1, 0.15) is 5.69 Å². The molecule has 0 amide bonds. The van der Waals surface area contributed by atoms with Crippen LogP contribution in [0.25, 0.3) is 22.2 Å². The number of hydrogen-bond acceptors (Lipinski definition) is 6. The maximum absolute atomic E-state index is 4.58. The zero-order chi connectivity index (χ0) is 20.5. The number of pyridine rings is 3. The van der Waals surface area contributed by atoms with Gasteiger partial charge in [-0.05, 0) is 49.4 Å². The van der Waals surface area contributed by atoms with Crippen molar-refractivity contribution < 1.29 is 0 Å². The molecule has 0 aliphatic heterocycles. The minimum absolute atomic E-state index is 0.785. The maximum atomic E-state index is 4.58. The molecule has 0 radical (unpaired) electrons. The third kappa shape index (κ3) is 3.06. The Hall–Kier alpha value is -4.13. The Morgan fingerprint density at radius 1 is 0.800 bits per heavy atom. The Bertz CT molecular complexity index is 1250. The molecule has 0 fully saturated rings. The van der Waals surface area contributed by atoms with E-state index in [-0.39, 0.29) is 0 Å². The Kier molecular flexibility index (Phi) is 4.40. The largest absolute Gasteiger partial charge is 0.278 e. The zero-order valence-electron chi connectivity index (χ0n) is 16.6. The van der Waals surface area contributed by atoms with Crippen LogP contribution in [-0.2, 0) is 7.05 Å². The third-order valence-corrected chi connectivity index (χ3v) is 4.98. The van der Waals surface area contributed by atoms with Crippen LogP contribution in [0.2, 0.25) is 0 Å². The molecule has 7 nitrogen and oxygen atoms in total. The highest BCUT2D eigenvalue weighted by molar-refractivity contribution is 5.98. The molecule has 0 spiro atoms. The van der Waals surface area contributed by atoms with Crippen LogP contribution in [0.5, 0.6) is 0 Å². The smallest absolute Gasteiger partial charge is 0.138 e. The normalized spacial score (nSPS) is 11.0. The predicted molar refractivity (Wildman–Crippen MR) is 117 cm³/mol. The number of nitrogens with zero attached hydrogens (tertiary/aromatic N) is 7. The van der Waals surface area contributed by atoms with Gasteiger partial charge in [0, 0.05) is 36.6 Å². The number of aromatic nitrogens is 6. The van der Waals surface area contributed by atoms with E-state index in [0.717, 1.165) is 45.2 Å². The number of rotatable bonds is 4. The van der Waals surface area contributed by atoms with Gasteiger partial charge < -0.3 is 0 Å². The minimum Gasteiger partial charge on any atom is -0.278 e. The summed E-state index contributed by atoms with van der Waals surface area (Å²) in [5.74, 6) is 1.57. The molecule has 0 saturated carbocycles. The Morgan fingerprint density at radius 2 is 1.53 bits per heavy atom. The van der Waals surface area contributed by atoms with Crippen molar-refractivity contribution >= 4 is 28.2 Å². The summed E-state index contributed by atoms with van der Waals surface area (Å²) in [4.78, 5) is 15.8. The molecule has 5 rings (SSSR count). The topological polar surface area (TPSA) is 72.6 Å². The highest BCUT2D eigenvalue weighted by Crippen LogP contribution is 2.37. The van der Waals surface area contributed by atoms with Crippen molar-refractivity contribution in [1.82, 2.24) is 29.9 Å². The first kappa shape index (κ1) is 17.9. The van der Waals surface area contributed by atoms with Crippen molar-refractivity contribution in [3.63, 3.8) is 0 Å². The second kappa shape index (κ2) is 7.36. The lowest BCUT2D eigenvalue weighted by Crippen LogP contribution is -2.13. The van der Waals surface area contributed by atoms with Gasteiger partial charge in [0.15, 0.2) is 0 Å². The third-order valence-electron chi connectivity index (χ3n) is 4.98. The molecule has 0 bridgehead atoms. The van der Waals surface area contributed by atoms with Crippen molar-refractivity contribution in [3.05, 3.63) is 84.9 Å². The number of anilines is 3. The lowest BCUT2D eigenvalue weighted by atomic mass is 10.0. The van der Waals surface area contributed by atoms with Gasteiger partial charge in [0.2, 0.25) is 0 Å². The van der Waals surface area contributed by atoms with Gasteiger partial charge in [0.1, 0.15) is 11.6 Å². The first-order valence-electron chi connectivity index (χ1n) is 9.60. The van der Waals surface area contributed by atoms with E-state index in [1.54, 1.807) is 17.1 Å². The summed E-state index contributed by atoms with van der Waals surface area (Å²) < 4.78 is 1.79. The number of aryl methyl sites for hydroxylation is 2. The monoisotopic (exact) mass is 393 g/mol. The summed E-state index contributed by atoms with van der Waals surface area (Å²) in [5.41, 5.74) is 4.74. The van der Waals surface area contributed by atoms with Crippen LogP contribution in [0.4, 0.5) is 17.3 Å². The molecule has 0 unspecified atom stereocenters. The van der Waals surface area contributed by atoms with Crippen molar-refractivity contribution in [3.8, 4) is 11.3 Å². The number of benzene rings is 1. The van der Waals surface area contributed by atoms with Gasteiger partial charge in [-0.25, -0.2) is 14.6 Å². The van der Waals surface area contributed by atoms with Crippen molar-refractivity contribution in [2.24, 2.45) is 7.05 Å². The van der Waals surface area contributed by atoms with E-state index >= 15 is 0 Å². The zero-order valence-corrected chi connectivity index (χ0v) is 16.6. The second-order valence-electron chi connectivity index (χ2n) is 6.92. The Balaban J connectivity index is 1.77. The highest BCUT2D eigenvalue weighted by atomic mass is 15.4. The number of fused-ring (bicyclic) bond motifs is 1. The molecule has 4 heterocycles. The summed E-state index contributed by atoms with van der Waals surface area (Å²) >= 11 is 0. The molecular weight excluding hydrogens is 374 g/mol. The van der Waals surface area contributed by atoms with Crippen LogP contribution in [0.3, 0.4) is 0 Å². The van der Waals surface area contributed by atoms with E-state index in [0.29, 0.717) is 0 Å². The number of hydrogen-bond donors (Lipinski definition) is 0. The lowest BCUT2D eigenvalue weighted by Gasteiger charge is -2.24. The standard InChI is InChI=1S/C23H19N7/c1-16-23(29(2)28-27-16)17-9-10-19-18(15-17)20(11-14-24-19)30(21-7-3-5-12-25-21)22-8-4-6-13-26-22/h3-15H,1-2H3. The molecule has 0 aliphatic rings. The molecule has 0 saturated heterocycles.